The molecular weight excluding hydrogens is 250 g/mol. The predicted molar refractivity (Wildman–Crippen MR) is 69.9 cm³/mol. The number of nitrogens with zero attached hydrogens (tertiary/aromatic N) is 1. The molecule has 1 aromatic carbocycles. The van der Waals surface area contributed by atoms with E-state index in [-0.39, 0.29) is 5.91 Å². The number of hydrogen-bond acceptors (Lipinski definition) is 3. The van der Waals surface area contributed by atoms with Gasteiger partial charge in [-0.15, -0.1) is 0 Å². The Morgan fingerprint density at radius 2 is 2.06 bits per heavy atom. The molecular formula is C13H17NO3S. The van der Waals surface area contributed by atoms with Crippen molar-refractivity contribution in [3.63, 3.8) is 0 Å². The third-order valence-corrected chi connectivity index (χ3v) is 4.05. The molecule has 2 unspecified atom stereocenters. The first-order valence-electron chi connectivity index (χ1n) is 5.99. The highest BCUT2D eigenvalue weighted by atomic mass is 32.2. The van der Waals surface area contributed by atoms with Crippen LogP contribution in [0.15, 0.2) is 29.2 Å². The van der Waals surface area contributed by atoms with Gasteiger partial charge in [0.25, 0.3) is 5.91 Å². The molecule has 98 valence electrons. The van der Waals surface area contributed by atoms with Gasteiger partial charge in [0.05, 0.1) is 6.10 Å². The maximum atomic E-state index is 12.2. The number of benzene rings is 1. The van der Waals surface area contributed by atoms with Gasteiger partial charge in [-0.1, -0.05) is 0 Å². The van der Waals surface area contributed by atoms with Crippen LogP contribution < -0.4 is 0 Å². The first kappa shape index (κ1) is 13.2. The molecule has 1 aromatic rings. The van der Waals surface area contributed by atoms with E-state index in [2.05, 4.69) is 0 Å². The van der Waals surface area contributed by atoms with Crippen LogP contribution in [-0.4, -0.2) is 45.6 Å². The zero-order valence-corrected chi connectivity index (χ0v) is 11.2. The summed E-state index contributed by atoms with van der Waals surface area (Å²) in [6.07, 6.45) is 2.80. The zero-order valence-electron chi connectivity index (χ0n) is 10.3. The van der Waals surface area contributed by atoms with E-state index in [0.29, 0.717) is 23.5 Å². The van der Waals surface area contributed by atoms with Gasteiger partial charge in [0, 0.05) is 40.6 Å². The Morgan fingerprint density at radius 3 is 2.61 bits per heavy atom. The van der Waals surface area contributed by atoms with Crippen molar-refractivity contribution in [2.45, 2.75) is 23.8 Å². The van der Waals surface area contributed by atoms with Crippen molar-refractivity contribution in [2.75, 3.05) is 19.3 Å². The van der Waals surface area contributed by atoms with Gasteiger partial charge in [0.2, 0.25) is 0 Å². The number of likely N-dealkylation sites (tertiary alicyclic amines) is 1. The average Bonchev–Trinajstić information content (AvgIpc) is 2.38. The lowest BCUT2D eigenvalue weighted by Crippen LogP contribution is -2.42. The van der Waals surface area contributed by atoms with E-state index in [9.17, 15) is 14.1 Å². The molecule has 2 atom stereocenters. The summed E-state index contributed by atoms with van der Waals surface area (Å²) in [7, 11) is -1.03. The minimum atomic E-state index is -1.03. The van der Waals surface area contributed by atoms with Crippen LogP contribution in [0, 0.1) is 0 Å². The van der Waals surface area contributed by atoms with Crippen LogP contribution in [-0.2, 0) is 10.8 Å². The monoisotopic (exact) mass is 267 g/mol. The average molecular weight is 267 g/mol. The molecule has 0 aromatic heterocycles. The van der Waals surface area contributed by atoms with Gasteiger partial charge in [-0.05, 0) is 37.1 Å². The molecule has 2 rings (SSSR count). The van der Waals surface area contributed by atoms with E-state index in [1.165, 1.54) is 0 Å². The first-order valence-corrected chi connectivity index (χ1v) is 7.54. The van der Waals surface area contributed by atoms with Crippen molar-refractivity contribution in [2.24, 2.45) is 0 Å². The van der Waals surface area contributed by atoms with E-state index in [4.69, 9.17) is 0 Å². The van der Waals surface area contributed by atoms with Crippen LogP contribution in [0.2, 0.25) is 0 Å². The summed E-state index contributed by atoms with van der Waals surface area (Å²) in [5.74, 6) is -0.0674. The summed E-state index contributed by atoms with van der Waals surface area (Å²) in [5.41, 5.74) is 0.582. The van der Waals surface area contributed by atoms with Gasteiger partial charge in [0.1, 0.15) is 0 Å². The summed E-state index contributed by atoms with van der Waals surface area (Å²) in [6.45, 7) is 1.09. The number of carbonyl (C=O) groups excluding carboxylic acids is 1. The van der Waals surface area contributed by atoms with Crippen molar-refractivity contribution in [3.8, 4) is 0 Å². The molecule has 18 heavy (non-hydrogen) atoms. The maximum absolute atomic E-state index is 12.2. The minimum absolute atomic E-state index is 0.0674. The zero-order chi connectivity index (χ0) is 13.1. The third kappa shape index (κ3) is 2.97. The van der Waals surface area contributed by atoms with E-state index < -0.39 is 16.9 Å². The van der Waals surface area contributed by atoms with Gasteiger partial charge in [-0.3, -0.25) is 9.00 Å². The standard InChI is InChI=1S/C13H17NO3S/c1-18(17)12-6-4-10(5-7-12)13(16)14-8-2-3-11(15)9-14/h4-7,11,15H,2-3,8-9H2,1H3. The van der Waals surface area contributed by atoms with E-state index >= 15 is 0 Å². The number of β-amino-alcohol motifs (C(OH)–C–C–N with tert-alkyl or cyclic N) is 1. The molecule has 4 nitrogen and oxygen atoms in total. The largest absolute Gasteiger partial charge is 0.391 e. The second kappa shape index (κ2) is 5.63. The molecule has 0 aliphatic carbocycles. The number of hydrogen-bond donors (Lipinski definition) is 1. The van der Waals surface area contributed by atoms with Crippen molar-refractivity contribution >= 4 is 16.7 Å². The number of piperidine rings is 1. The summed E-state index contributed by atoms with van der Waals surface area (Å²) in [5, 5.41) is 9.56. The van der Waals surface area contributed by atoms with Crippen LogP contribution in [0.4, 0.5) is 0 Å². The quantitative estimate of drug-likeness (QED) is 0.870. The summed E-state index contributed by atoms with van der Waals surface area (Å²) in [4.78, 5) is 14.6. The topological polar surface area (TPSA) is 57.6 Å². The van der Waals surface area contributed by atoms with Crippen LogP contribution >= 0.6 is 0 Å². The molecule has 1 heterocycles. The van der Waals surface area contributed by atoms with Gasteiger partial charge in [-0.25, -0.2) is 0 Å². The van der Waals surface area contributed by atoms with Crippen molar-refractivity contribution < 1.29 is 14.1 Å². The van der Waals surface area contributed by atoms with Crippen LogP contribution in [0.5, 0.6) is 0 Å². The number of amides is 1. The number of aliphatic hydroxyl groups excluding tert-OH is 1. The van der Waals surface area contributed by atoms with Crippen molar-refractivity contribution in [3.05, 3.63) is 29.8 Å². The Balaban J connectivity index is 2.10. The van der Waals surface area contributed by atoms with Crippen molar-refractivity contribution in [1.29, 1.82) is 0 Å². The Labute approximate surface area is 109 Å². The number of rotatable bonds is 2. The van der Waals surface area contributed by atoms with E-state index in [1.54, 1.807) is 35.4 Å². The molecule has 1 amide bonds. The van der Waals surface area contributed by atoms with Gasteiger partial charge >= 0.3 is 0 Å². The molecule has 0 radical (unpaired) electrons. The van der Waals surface area contributed by atoms with Crippen LogP contribution in [0.25, 0.3) is 0 Å². The lowest BCUT2D eigenvalue weighted by Gasteiger charge is -2.30. The molecule has 0 saturated carbocycles. The molecule has 1 saturated heterocycles. The first-order chi connectivity index (χ1) is 8.58. The van der Waals surface area contributed by atoms with Crippen LogP contribution in [0.3, 0.4) is 0 Å². The maximum Gasteiger partial charge on any atom is 0.253 e. The fourth-order valence-corrected chi connectivity index (χ4v) is 2.63. The predicted octanol–water partition coefficient (Wildman–Crippen LogP) is 1.02. The van der Waals surface area contributed by atoms with Crippen molar-refractivity contribution in [1.82, 2.24) is 4.90 Å². The highest BCUT2D eigenvalue weighted by Crippen LogP contribution is 2.15. The van der Waals surface area contributed by atoms with Gasteiger partial charge < -0.3 is 10.0 Å². The van der Waals surface area contributed by atoms with Gasteiger partial charge in [0.15, 0.2) is 0 Å². The normalized spacial score (nSPS) is 21.7. The Morgan fingerprint density at radius 1 is 1.39 bits per heavy atom. The lowest BCUT2D eigenvalue weighted by molar-refractivity contribution is 0.0473. The molecule has 1 N–H and O–H groups in total. The number of carbonyl (C=O) groups is 1. The summed E-state index contributed by atoms with van der Waals surface area (Å²) in [6, 6.07) is 6.81. The summed E-state index contributed by atoms with van der Waals surface area (Å²) < 4.78 is 11.3. The molecule has 5 heteroatoms. The highest BCUT2D eigenvalue weighted by molar-refractivity contribution is 7.84. The smallest absolute Gasteiger partial charge is 0.253 e. The second-order valence-electron chi connectivity index (χ2n) is 4.53. The number of aliphatic hydroxyl groups is 1. The van der Waals surface area contributed by atoms with Crippen LogP contribution in [0.1, 0.15) is 23.2 Å². The van der Waals surface area contributed by atoms with Gasteiger partial charge in [-0.2, -0.15) is 0 Å². The van der Waals surface area contributed by atoms with E-state index in [0.717, 1.165) is 12.8 Å². The highest BCUT2D eigenvalue weighted by Gasteiger charge is 2.22. The summed E-state index contributed by atoms with van der Waals surface area (Å²) >= 11 is 0. The Hall–Kier alpha value is -1.20. The Kier molecular flexibility index (Phi) is 4.14. The minimum Gasteiger partial charge on any atom is -0.391 e. The fraction of sp³-hybridized carbons (Fsp3) is 0.462. The molecule has 1 fully saturated rings. The molecule has 0 spiro atoms. The molecule has 1 aliphatic heterocycles. The third-order valence-electron chi connectivity index (χ3n) is 3.12. The second-order valence-corrected chi connectivity index (χ2v) is 5.91. The molecule has 0 bridgehead atoms. The fourth-order valence-electron chi connectivity index (χ4n) is 2.11. The SMILES string of the molecule is CS(=O)c1ccc(C(=O)N2CCCC(O)C2)cc1. The molecule has 1 aliphatic rings. The Bertz CT molecular complexity index is 458. The van der Waals surface area contributed by atoms with E-state index in [1.807, 2.05) is 0 Å². The lowest BCUT2D eigenvalue weighted by atomic mass is 10.1.